The Hall–Kier alpha value is -2.53. The summed E-state index contributed by atoms with van der Waals surface area (Å²) in [6.45, 7) is 4.77. The van der Waals surface area contributed by atoms with Crippen molar-refractivity contribution in [2.24, 2.45) is 0 Å². The molecule has 0 N–H and O–H groups in total. The van der Waals surface area contributed by atoms with Crippen LogP contribution in [0.25, 0.3) is 5.69 Å². The van der Waals surface area contributed by atoms with Gasteiger partial charge in [-0.1, -0.05) is 12.1 Å². The lowest BCUT2D eigenvalue weighted by Crippen LogP contribution is -2.31. The summed E-state index contributed by atoms with van der Waals surface area (Å²) < 4.78 is 1.90. The van der Waals surface area contributed by atoms with Crippen LogP contribution in [0.5, 0.6) is 0 Å². The molecular formula is C21H21N3OS. The van der Waals surface area contributed by atoms with Gasteiger partial charge in [-0.3, -0.25) is 4.79 Å². The molecular weight excluding hydrogens is 342 g/mol. The van der Waals surface area contributed by atoms with E-state index >= 15 is 0 Å². The second-order valence-electron chi connectivity index (χ2n) is 6.51. The van der Waals surface area contributed by atoms with E-state index in [0.717, 1.165) is 41.5 Å². The number of hydrogen-bond donors (Lipinski definition) is 0. The van der Waals surface area contributed by atoms with Crippen molar-refractivity contribution in [3.05, 3.63) is 71.5 Å². The Morgan fingerprint density at radius 2 is 1.85 bits per heavy atom. The Bertz CT molecular complexity index is 946. The number of para-hydroxylation sites is 1. The first-order valence-electron chi connectivity index (χ1n) is 8.81. The van der Waals surface area contributed by atoms with Crippen LogP contribution >= 0.6 is 11.8 Å². The molecule has 3 aromatic rings. The van der Waals surface area contributed by atoms with E-state index in [1.54, 1.807) is 0 Å². The Labute approximate surface area is 157 Å². The van der Waals surface area contributed by atoms with Crippen molar-refractivity contribution in [1.29, 1.82) is 0 Å². The third-order valence-corrected chi connectivity index (χ3v) is 5.70. The molecule has 0 saturated carbocycles. The first-order chi connectivity index (χ1) is 12.6. The molecule has 0 saturated heterocycles. The first kappa shape index (κ1) is 16.9. The van der Waals surface area contributed by atoms with E-state index in [1.807, 2.05) is 83.7 Å². The lowest BCUT2D eigenvalue weighted by Gasteiger charge is -2.22. The molecule has 26 heavy (non-hydrogen) atoms. The lowest BCUT2D eigenvalue weighted by molar-refractivity contribution is 0.0986. The van der Waals surface area contributed by atoms with E-state index in [9.17, 15) is 4.79 Å². The van der Waals surface area contributed by atoms with Crippen molar-refractivity contribution in [1.82, 2.24) is 9.78 Å². The Morgan fingerprint density at radius 1 is 1.08 bits per heavy atom. The predicted octanol–water partition coefficient (Wildman–Crippen LogP) is 4.63. The number of aromatic nitrogens is 2. The molecule has 1 aliphatic rings. The van der Waals surface area contributed by atoms with E-state index in [1.165, 1.54) is 4.90 Å². The fraction of sp³-hybridized carbons (Fsp3) is 0.238. The molecule has 2 heterocycles. The average molecular weight is 363 g/mol. The molecule has 5 heteroatoms. The van der Waals surface area contributed by atoms with Crippen molar-refractivity contribution >= 4 is 23.4 Å². The zero-order valence-corrected chi connectivity index (χ0v) is 15.8. The van der Waals surface area contributed by atoms with Gasteiger partial charge in [0.2, 0.25) is 0 Å². The minimum Gasteiger partial charge on any atom is -0.307 e. The number of nitrogens with zero attached hydrogens (tertiary/aromatic N) is 3. The molecule has 0 bridgehead atoms. The lowest BCUT2D eigenvalue weighted by atomic mass is 10.1. The van der Waals surface area contributed by atoms with Crippen LogP contribution in [0.15, 0.2) is 59.5 Å². The zero-order chi connectivity index (χ0) is 18.1. The first-order valence-corrected chi connectivity index (χ1v) is 9.79. The van der Waals surface area contributed by atoms with Crippen LogP contribution in [-0.4, -0.2) is 28.0 Å². The summed E-state index contributed by atoms with van der Waals surface area (Å²) in [7, 11) is 0. The SMILES string of the molecule is Cc1cc(C)n(-c2ccc(C(=O)N3CCCSc4ccccc43)cc2)n1. The third-order valence-electron chi connectivity index (χ3n) is 4.55. The molecule has 4 nitrogen and oxygen atoms in total. The topological polar surface area (TPSA) is 38.1 Å². The van der Waals surface area contributed by atoms with Crippen LogP contribution in [0, 0.1) is 13.8 Å². The predicted molar refractivity (Wildman–Crippen MR) is 106 cm³/mol. The number of aryl methyl sites for hydroxylation is 2. The van der Waals surface area contributed by atoms with Crippen molar-refractivity contribution in [3.63, 3.8) is 0 Å². The van der Waals surface area contributed by atoms with E-state index in [4.69, 9.17) is 0 Å². The highest BCUT2D eigenvalue weighted by Crippen LogP contribution is 2.34. The number of thioether (sulfide) groups is 1. The van der Waals surface area contributed by atoms with Crippen LogP contribution < -0.4 is 4.90 Å². The largest absolute Gasteiger partial charge is 0.307 e. The molecule has 0 radical (unpaired) electrons. The number of anilines is 1. The summed E-state index contributed by atoms with van der Waals surface area (Å²) in [4.78, 5) is 16.2. The Kier molecular flexibility index (Phi) is 4.55. The molecule has 0 aliphatic carbocycles. The van der Waals surface area contributed by atoms with Crippen LogP contribution in [0.2, 0.25) is 0 Å². The quantitative estimate of drug-likeness (QED) is 0.666. The van der Waals surface area contributed by atoms with Crippen LogP contribution in [-0.2, 0) is 0 Å². The summed E-state index contributed by atoms with van der Waals surface area (Å²) in [5, 5.41) is 4.51. The monoisotopic (exact) mass is 363 g/mol. The van der Waals surface area contributed by atoms with Crippen molar-refractivity contribution in [2.75, 3.05) is 17.2 Å². The van der Waals surface area contributed by atoms with Crippen molar-refractivity contribution in [2.45, 2.75) is 25.2 Å². The van der Waals surface area contributed by atoms with Crippen LogP contribution in [0.3, 0.4) is 0 Å². The molecule has 0 unspecified atom stereocenters. The molecule has 0 spiro atoms. The normalized spacial score (nSPS) is 14.0. The molecule has 0 fully saturated rings. The number of fused-ring (bicyclic) bond motifs is 1. The molecule has 4 rings (SSSR count). The highest BCUT2D eigenvalue weighted by Gasteiger charge is 2.22. The van der Waals surface area contributed by atoms with E-state index in [2.05, 4.69) is 11.2 Å². The van der Waals surface area contributed by atoms with Gasteiger partial charge in [0.1, 0.15) is 0 Å². The fourth-order valence-electron chi connectivity index (χ4n) is 3.33. The minimum absolute atomic E-state index is 0.0554. The van der Waals surface area contributed by atoms with Gasteiger partial charge in [-0.15, -0.1) is 11.8 Å². The Morgan fingerprint density at radius 3 is 2.58 bits per heavy atom. The maximum Gasteiger partial charge on any atom is 0.258 e. The van der Waals surface area contributed by atoms with Crippen LogP contribution in [0.4, 0.5) is 5.69 Å². The maximum atomic E-state index is 13.1. The highest BCUT2D eigenvalue weighted by molar-refractivity contribution is 7.99. The molecule has 1 aliphatic heterocycles. The van der Waals surface area contributed by atoms with Gasteiger partial charge >= 0.3 is 0 Å². The van der Waals surface area contributed by atoms with Gasteiger partial charge < -0.3 is 4.90 Å². The van der Waals surface area contributed by atoms with E-state index in [-0.39, 0.29) is 5.91 Å². The molecule has 1 amide bonds. The second-order valence-corrected chi connectivity index (χ2v) is 7.65. The molecule has 2 aromatic carbocycles. The summed E-state index contributed by atoms with van der Waals surface area (Å²) in [5.74, 6) is 1.09. The van der Waals surface area contributed by atoms with Crippen molar-refractivity contribution in [3.8, 4) is 5.69 Å². The summed E-state index contributed by atoms with van der Waals surface area (Å²) in [6, 6.07) is 17.9. The third kappa shape index (κ3) is 3.15. The van der Waals surface area contributed by atoms with Gasteiger partial charge in [-0.25, -0.2) is 4.68 Å². The fourth-order valence-corrected chi connectivity index (χ4v) is 4.32. The minimum atomic E-state index is 0.0554. The van der Waals surface area contributed by atoms with Gasteiger partial charge in [0.25, 0.3) is 5.91 Å². The average Bonchev–Trinajstić information content (AvgIpc) is 2.87. The molecule has 1 aromatic heterocycles. The van der Waals surface area contributed by atoms with Gasteiger partial charge in [-0.05, 0) is 68.5 Å². The number of rotatable bonds is 2. The summed E-state index contributed by atoms with van der Waals surface area (Å²) >= 11 is 1.82. The highest BCUT2D eigenvalue weighted by atomic mass is 32.2. The van der Waals surface area contributed by atoms with Gasteiger partial charge in [0, 0.05) is 22.7 Å². The number of amides is 1. The number of hydrogen-bond acceptors (Lipinski definition) is 3. The smallest absolute Gasteiger partial charge is 0.258 e. The summed E-state index contributed by atoms with van der Waals surface area (Å²) in [5.41, 5.74) is 4.76. The van der Waals surface area contributed by atoms with E-state index in [0.29, 0.717) is 5.56 Å². The van der Waals surface area contributed by atoms with E-state index < -0.39 is 0 Å². The van der Waals surface area contributed by atoms with Crippen molar-refractivity contribution < 1.29 is 4.79 Å². The standard InChI is InChI=1S/C21H21N3OS/c1-15-14-16(2)24(22-15)18-10-8-17(9-11-18)21(25)23-12-5-13-26-20-7-4-3-6-19(20)23/h3-4,6-11,14H,5,12-13H2,1-2H3. The maximum absolute atomic E-state index is 13.1. The van der Waals surface area contributed by atoms with Gasteiger partial charge in [0.05, 0.1) is 17.1 Å². The second kappa shape index (κ2) is 7.00. The Balaban J connectivity index is 1.64. The number of benzene rings is 2. The molecule has 132 valence electrons. The van der Waals surface area contributed by atoms with Crippen LogP contribution in [0.1, 0.15) is 28.2 Å². The van der Waals surface area contributed by atoms with Gasteiger partial charge in [0.15, 0.2) is 0 Å². The molecule has 0 atom stereocenters. The number of carbonyl (C=O) groups excluding carboxylic acids is 1. The van der Waals surface area contributed by atoms with Gasteiger partial charge in [-0.2, -0.15) is 5.10 Å². The number of carbonyl (C=O) groups is 1. The summed E-state index contributed by atoms with van der Waals surface area (Å²) in [6.07, 6.45) is 0.995. The zero-order valence-electron chi connectivity index (χ0n) is 15.0.